The van der Waals surface area contributed by atoms with Crippen LogP contribution in [0, 0.1) is 5.95 Å². The van der Waals surface area contributed by atoms with Crippen molar-refractivity contribution in [2.24, 2.45) is 0 Å². The summed E-state index contributed by atoms with van der Waals surface area (Å²) in [5.41, 5.74) is 0.788. The van der Waals surface area contributed by atoms with Crippen molar-refractivity contribution >= 4 is 17.5 Å². The van der Waals surface area contributed by atoms with Crippen molar-refractivity contribution in [2.45, 2.75) is 6.10 Å². The predicted octanol–water partition coefficient (Wildman–Crippen LogP) is 2.34. The summed E-state index contributed by atoms with van der Waals surface area (Å²) in [6.07, 6.45) is 0.350. The van der Waals surface area contributed by atoms with Gasteiger partial charge in [0.1, 0.15) is 0 Å². The molecule has 2 rings (SSSR count). The highest BCUT2D eigenvalue weighted by molar-refractivity contribution is 6.30. The average Bonchev–Trinajstić information content (AvgIpc) is 2.45. The lowest BCUT2D eigenvalue weighted by Crippen LogP contribution is -2.28. The third-order valence-electron chi connectivity index (χ3n) is 2.70. The van der Waals surface area contributed by atoms with Gasteiger partial charge >= 0.3 is 0 Å². The van der Waals surface area contributed by atoms with E-state index in [1.54, 1.807) is 24.3 Å². The molecule has 0 aliphatic rings. The Bertz CT molecular complexity index is 604. The Hall–Kier alpha value is -1.98. The fourth-order valence-corrected chi connectivity index (χ4v) is 1.76. The van der Waals surface area contributed by atoms with E-state index in [0.717, 1.165) is 6.07 Å². The molecule has 0 saturated heterocycles. The van der Waals surface area contributed by atoms with Crippen molar-refractivity contribution in [3.05, 3.63) is 64.7 Å². The number of aliphatic hydroxyl groups excluding tert-OH is 1. The molecular weight excluding hydrogens is 283 g/mol. The minimum Gasteiger partial charge on any atom is -0.387 e. The lowest BCUT2D eigenvalue weighted by Gasteiger charge is -2.12. The summed E-state index contributed by atoms with van der Waals surface area (Å²) in [5, 5.41) is 13.0. The Morgan fingerprint density at radius 1 is 1.35 bits per heavy atom. The summed E-state index contributed by atoms with van der Waals surface area (Å²) in [6.45, 7) is 0.0183. The van der Waals surface area contributed by atoms with Crippen molar-refractivity contribution in [3.63, 3.8) is 0 Å². The Balaban J connectivity index is 1.94. The maximum atomic E-state index is 12.9. The molecule has 1 aromatic carbocycles. The first-order valence-corrected chi connectivity index (χ1v) is 6.27. The monoisotopic (exact) mass is 294 g/mol. The van der Waals surface area contributed by atoms with Gasteiger partial charge in [0.15, 0.2) is 0 Å². The highest BCUT2D eigenvalue weighted by Crippen LogP contribution is 2.15. The molecule has 0 aliphatic carbocycles. The van der Waals surface area contributed by atoms with Crippen molar-refractivity contribution < 1.29 is 14.3 Å². The number of hydrogen-bond donors (Lipinski definition) is 2. The third-order valence-corrected chi connectivity index (χ3v) is 2.95. The van der Waals surface area contributed by atoms with Crippen LogP contribution in [0.5, 0.6) is 0 Å². The molecule has 0 saturated carbocycles. The van der Waals surface area contributed by atoms with Gasteiger partial charge in [-0.2, -0.15) is 4.39 Å². The van der Waals surface area contributed by atoms with E-state index in [9.17, 15) is 14.3 Å². The van der Waals surface area contributed by atoms with Crippen LogP contribution in [0.15, 0.2) is 42.6 Å². The number of amides is 1. The van der Waals surface area contributed by atoms with Crippen LogP contribution in [0.1, 0.15) is 22.0 Å². The fraction of sp³-hybridized carbons (Fsp3) is 0.143. The molecule has 0 fully saturated rings. The van der Waals surface area contributed by atoms with Crippen LogP contribution in [0.25, 0.3) is 0 Å². The number of aromatic nitrogens is 1. The highest BCUT2D eigenvalue weighted by Gasteiger charge is 2.11. The summed E-state index contributed by atoms with van der Waals surface area (Å²) < 4.78 is 12.9. The molecule has 0 aliphatic heterocycles. The molecule has 2 N–H and O–H groups in total. The van der Waals surface area contributed by atoms with Crippen LogP contribution in [0.2, 0.25) is 5.02 Å². The van der Waals surface area contributed by atoms with Gasteiger partial charge in [0.05, 0.1) is 6.10 Å². The average molecular weight is 295 g/mol. The van der Waals surface area contributed by atoms with Gasteiger partial charge in [0.25, 0.3) is 5.91 Å². The van der Waals surface area contributed by atoms with Gasteiger partial charge < -0.3 is 10.4 Å². The molecule has 1 unspecified atom stereocenters. The second kappa shape index (κ2) is 6.45. The first kappa shape index (κ1) is 14.4. The minimum absolute atomic E-state index is 0.0183. The molecule has 1 atom stereocenters. The summed E-state index contributed by atoms with van der Waals surface area (Å²) in [5.74, 6) is -1.20. The van der Waals surface area contributed by atoms with E-state index < -0.39 is 18.0 Å². The van der Waals surface area contributed by atoms with Crippen LogP contribution in [-0.4, -0.2) is 22.5 Å². The smallest absolute Gasteiger partial charge is 0.251 e. The third kappa shape index (κ3) is 3.76. The van der Waals surface area contributed by atoms with Crippen LogP contribution in [0.4, 0.5) is 4.39 Å². The number of aliphatic hydroxyl groups is 1. The Kier molecular flexibility index (Phi) is 4.65. The number of nitrogens with one attached hydrogen (secondary N) is 1. The number of hydrogen-bond acceptors (Lipinski definition) is 3. The van der Waals surface area contributed by atoms with Gasteiger partial charge in [0, 0.05) is 29.4 Å². The van der Waals surface area contributed by atoms with E-state index in [-0.39, 0.29) is 12.1 Å². The topological polar surface area (TPSA) is 62.2 Å². The summed E-state index contributed by atoms with van der Waals surface area (Å²) in [6, 6.07) is 9.08. The second-order valence-corrected chi connectivity index (χ2v) is 4.58. The van der Waals surface area contributed by atoms with Crippen LogP contribution < -0.4 is 5.32 Å². The number of benzene rings is 1. The molecule has 1 aromatic heterocycles. The number of nitrogens with zero attached hydrogens (tertiary/aromatic N) is 1. The maximum absolute atomic E-state index is 12.9. The van der Waals surface area contributed by atoms with Gasteiger partial charge in [-0.3, -0.25) is 4.79 Å². The fourth-order valence-electron chi connectivity index (χ4n) is 1.64. The van der Waals surface area contributed by atoms with E-state index in [2.05, 4.69) is 10.3 Å². The molecule has 0 radical (unpaired) electrons. The molecular formula is C14H12ClFN2O2. The van der Waals surface area contributed by atoms with Crippen LogP contribution in [-0.2, 0) is 0 Å². The second-order valence-electron chi connectivity index (χ2n) is 4.14. The van der Waals surface area contributed by atoms with Crippen molar-refractivity contribution in [1.29, 1.82) is 0 Å². The Morgan fingerprint density at radius 3 is 2.70 bits per heavy atom. The molecule has 1 amide bonds. The van der Waals surface area contributed by atoms with Gasteiger partial charge in [-0.25, -0.2) is 4.98 Å². The number of halogens is 2. The predicted molar refractivity (Wildman–Crippen MR) is 72.9 cm³/mol. The first-order chi connectivity index (χ1) is 9.56. The number of carbonyl (C=O) groups excluding carboxylic acids is 1. The van der Waals surface area contributed by atoms with Gasteiger partial charge in [-0.05, 0) is 23.8 Å². The minimum atomic E-state index is -0.858. The van der Waals surface area contributed by atoms with Crippen LogP contribution >= 0.6 is 11.6 Å². The maximum Gasteiger partial charge on any atom is 0.251 e. The molecule has 0 bridgehead atoms. The van der Waals surface area contributed by atoms with Gasteiger partial charge in [-0.15, -0.1) is 0 Å². The van der Waals surface area contributed by atoms with E-state index in [0.29, 0.717) is 10.6 Å². The van der Waals surface area contributed by atoms with E-state index in [1.165, 1.54) is 12.3 Å². The van der Waals surface area contributed by atoms with E-state index >= 15 is 0 Å². The summed E-state index contributed by atoms with van der Waals surface area (Å²) in [7, 11) is 0. The SMILES string of the molecule is O=C(NCC(O)c1ccc(Cl)cc1)c1ccnc(F)c1. The Morgan fingerprint density at radius 2 is 2.05 bits per heavy atom. The number of carbonyl (C=O) groups is 1. The summed E-state index contributed by atoms with van der Waals surface area (Å²) >= 11 is 5.75. The summed E-state index contributed by atoms with van der Waals surface area (Å²) in [4.78, 5) is 15.1. The largest absolute Gasteiger partial charge is 0.387 e. The molecule has 0 spiro atoms. The van der Waals surface area contributed by atoms with Crippen molar-refractivity contribution in [2.75, 3.05) is 6.54 Å². The van der Waals surface area contributed by atoms with E-state index in [4.69, 9.17) is 11.6 Å². The lowest BCUT2D eigenvalue weighted by atomic mass is 10.1. The molecule has 2 aromatic rings. The normalized spacial score (nSPS) is 11.9. The molecule has 4 nitrogen and oxygen atoms in total. The van der Waals surface area contributed by atoms with Gasteiger partial charge in [0.2, 0.25) is 5.95 Å². The zero-order valence-corrected chi connectivity index (χ0v) is 11.1. The molecule has 6 heteroatoms. The molecule has 20 heavy (non-hydrogen) atoms. The van der Waals surface area contributed by atoms with Crippen LogP contribution in [0.3, 0.4) is 0 Å². The standard InChI is InChI=1S/C14H12ClFN2O2/c15-11-3-1-9(2-4-11)12(19)8-18-14(20)10-5-6-17-13(16)7-10/h1-7,12,19H,8H2,(H,18,20). The van der Waals surface area contributed by atoms with E-state index in [1.807, 2.05) is 0 Å². The number of rotatable bonds is 4. The lowest BCUT2D eigenvalue weighted by molar-refractivity contribution is 0.0915. The van der Waals surface area contributed by atoms with Crippen molar-refractivity contribution in [1.82, 2.24) is 10.3 Å². The zero-order chi connectivity index (χ0) is 14.5. The quantitative estimate of drug-likeness (QED) is 0.851. The van der Waals surface area contributed by atoms with Crippen molar-refractivity contribution in [3.8, 4) is 0 Å². The molecule has 104 valence electrons. The zero-order valence-electron chi connectivity index (χ0n) is 10.4. The highest BCUT2D eigenvalue weighted by atomic mass is 35.5. The number of pyridine rings is 1. The van der Waals surface area contributed by atoms with Gasteiger partial charge in [-0.1, -0.05) is 23.7 Å². The first-order valence-electron chi connectivity index (χ1n) is 5.89. The molecule has 1 heterocycles. The Labute approximate surface area is 120 Å².